The molecule has 1 amide bonds. The zero-order valence-electron chi connectivity index (χ0n) is 16.2. The van der Waals surface area contributed by atoms with E-state index in [-0.39, 0.29) is 5.91 Å². The van der Waals surface area contributed by atoms with Crippen LogP contribution in [0.2, 0.25) is 5.02 Å². The first-order chi connectivity index (χ1) is 13.4. The third-order valence-electron chi connectivity index (χ3n) is 4.44. The van der Waals surface area contributed by atoms with E-state index >= 15 is 0 Å². The predicted octanol–water partition coefficient (Wildman–Crippen LogP) is 4.96. The molecule has 1 heterocycles. The summed E-state index contributed by atoms with van der Waals surface area (Å²) in [6.45, 7) is 6.70. The first kappa shape index (κ1) is 19.8. The molecule has 0 aliphatic heterocycles. The average molecular weight is 395 g/mol. The highest BCUT2D eigenvalue weighted by Crippen LogP contribution is 2.22. The fraction of sp³-hybridized carbons (Fsp3) is 0.227. The molecule has 0 radical (unpaired) electrons. The summed E-state index contributed by atoms with van der Waals surface area (Å²) in [4.78, 5) is 21.0. The number of halogens is 1. The number of nitrogens with zero attached hydrogens (tertiary/aromatic N) is 2. The smallest absolute Gasteiger partial charge is 0.258 e. The van der Waals surface area contributed by atoms with Gasteiger partial charge in [-0.3, -0.25) is 4.79 Å². The molecular weight excluding hydrogens is 372 g/mol. The van der Waals surface area contributed by atoms with Gasteiger partial charge in [-0.2, -0.15) is 0 Å². The molecule has 2 N–H and O–H groups in total. The Morgan fingerprint density at radius 3 is 2.21 bits per heavy atom. The van der Waals surface area contributed by atoms with Gasteiger partial charge in [-0.25, -0.2) is 9.97 Å². The van der Waals surface area contributed by atoms with Crippen LogP contribution in [0, 0.1) is 20.8 Å². The van der Waals surface area contributed by atoms with E-state index in [1.54, 1.807) is 0 Å². The maximum atomic E-state index is 12.5. The first-order valence-corrected chi connectivity index (χ1v) is 9.50. The van der Waals surface area contributed by atoms with E-state index in [4.69, 9.17) is 11.6 Å². The van der Waals surface area contributed by atoms with Crippen molar-refractivity contribution in [2.24, 2.45) is 0 Å². The molecular formula is C22H23ClN4O. The molecule has 5 nitrogen and oxygen atoms in total. The van der Waals surface area contributed by atoms with Crippen LogP contribution in [0.5, 0.6) is 0 Å². The number of carbonyl (C=O) groups is 1. The monoisotopic (exact) mass is 394 g/mol. The van der Waals surface area contributed by atoms with Crippen LogP contribution in [0.3, 0.4) is 0 Å². The molecule has 2 aromatic carbocycles. The van der Waals surface area contributed by atoms with Gasteiger partial charge in [-0.05, 0) is 56.0 Å². The Hall–Kier alpha value is -2.92. The van der Waals surface area contributed by atoms with Gasteiger partial charge in [0.25, 0.3) is 5.91 Å². The largest absolute Gasteiger partial charge is 0.354 e. The average Bonchev–Trinajstić information content (AvgIpc) is 2.66. The van der Waals surface area contributed by atoms with Crippen LogP contribution in [-0.2, 0) is 6.42 Å². The van der Waals surface area contributed by atoms with Crippen LogP contribution in [0.1, 0.15) is 32.6 Å². The second-order valence-electron chi connectivity index (χ2n) is 6.83. The summed E-state index contributed by atoms with van der Waals surface area (Å²) in [6, 6.07) is 11.8. The lowest BCUT2D eigenvalue weighted by Gasteiger charge is -2.13. The van der Waals surface area contributed by atoms with E-state index in [1.807, 2.05) is 57.2 Å². The molecule has 1 aromatic heterocycles. The topological polar surface area (TPSA) is 66.9 Å². The quantitative estimate of drug-likeness (QED) is 0.619. The fourth-order valence-electron chi connectivity index (χ4n) is 3.07. The standard InChI is InChI=1S/C22H23ClN4O/c1-14-10-15(2)20(16(3)11-14)27-21(28)18-12-25-22(26-13-18)24-9-8-17-4-6-19(23)7-5-17/h4-7,10-13H,8-9H2,1-3H3,(H,27,28)(H,24,25,26). The third kappa shape index (κ3) is 5.08. The van der Waals surface area contributed by atoms with Crippen LogP contribution >= 0.6 is 11.6 Å². The van der Waals surface area contributed by atoms with Gasteiger partial charge < -0.3 is 10.6 Å². The van der Waals surface area contributed by atoms with Crippen molar-refractivity contribution in [3.8, 4) is 0 Å². The number of carbonyl (C=O) groups excluding carboxylic acids is 1. The summed E-state index contributed by atoms with van der Waals surface area (Å²) in [5.41, 5.74) is 5.67. The van der Waals surface area contributed by atoms with Crippen molar-refractivity contribution >= 4 is 29.1 Å². The van der Waals surface area contributed by atoms with Crippen LogP contribution in [0.25, 0.3) is 0 Å². The van der Waals surface area contributed by atoms with Gasteiger partial charge in [-0.15, -0.1) is 0 Å². The molecule has 28 heavy (non-hydrogen) atoms. The number of anilines is 2. The van der Waals surface area contributed by atoms with Crippen LogP contribution < -0.4 is 10.6 Å². The number of amides is 1. The number of rotatable bonds is 6. The van der Waals surface area contributed by atoms with E-state index < -0.39 is 0 Å². The van der Waals surface area contributed by atoms with Crippen molar-refractivity contribution in [2.75, 3.05) is 17.2 Å². The molecule has 3 rings (SSSR count). The van der Waals surface area contributed by atoms with Crippen LogP contribution in [0.15, 0.2) is 48.8 Å². The normalized spacial score (nSPS) is 10.6. The zero-order valence-corrected chi connectivity index (χ0v) is 17.0. The summed E-state index contributed by atoms with van der Waals surface area (Å²) in [6.07, 6.45) is 3.90. The molecule has 144 valence electrons. The number of aryl methyl sites for hydroxylation is 3. The summed E-state index contributed by atoms with van der Waals surface area (Å²) in [7, 11) is 0. The second kappa shape index (κ2) is 8.85. The van der Waals surface area contributed by atoms with Gasteiger partial charge in [0.1, 0.15) is 0 Å². The van der Waals surface area contributed by atoms with Gasteiger partial charge in [0.05, 0.1) is 5.56 Å². The van der Waals surface area contributed by atoms with E-state index in [2.05, 4.69) is 20.6 Å². The Labute approximate surface area is 170 Å². The van der Waals surface area contributed by atoms with Crippen molar-refractivity contribution in [1.29, 1.82) is 0 Å². The number of aromatic nitrogens is 2. The van der Waals surface area contributed by atoms with E-state index in [0.29, 0.717) is 18.1 Å². The Morgan fingerprint density at radius 2 is 1.61 bits per heavy atom. The summed E-state index contributed by atoms with van der Waals surface area (Å²) in [5, 5.41) is 6.85. The molecule has 6 heteroatoms. The molecule has 0 aliphatic rings. The maximum Gasteiger partial charge on any atom is 0.258 e. The first-order valence-electron chi connectivity index (χ1n) is 9.12. The molecule has 0 saturated heterocycles. The fourth-order valence-corrected chi connectivity index (χ4v) is 3.20. The zero-order chi connectivity index (χ0) is 20.1. The lowest BCUT2D eigenvalue weighted by Crippen LogP contribution is -2.15. The highest BCUT2D eigenvalue weighted by atomic mass is 35.5. The molecule has 0 bridgehead atoms. The molecule has 3 aromatic rings. The summed E-state index contributed by atoms with van der Waals surface area (Å²) >= 11 is 5.89. The minimum absolute atomic E-state index is 0.220. The Kier molecular flexibility index (Phi) is 6.26. The van der Waals surface area contributed by atoms with Gasteiger partial charge in [-0.1, -0.05) is 41.4 Å². The van der Waals surface area contributed by atoms with Gasteiger partial charge in [0.2, 0.25) is 5.95 Å². The van der Waals surface area contributed by atoms with Gasteiger partial charge >= 0.3 is 0 Å². The van der Waals surface area contributed by atoms with Crippen LogP contribution in [0.4, 0.5) is 11.6 Å². The lowest BCUT2D eigenvalue weighted by atomic mass is 10.0. The van der Waals surface area contributed by atoms with Crippen molar-refractivity contribution in [2.45, 2.75) is 27.2 Å². The molecule has 0 unspecified atom stereocenters. The van der Waals surface area contributed by atoms with Gasteiger partial charge in [0, 0.05) is 29.6 Å². The molecule has 0 fully saturated rings. The van der Waals surface area contributed by atoms with Gasteiger partial charge in [0.15, 0.2) is 0 Å². The highest BCUT2D eigenvalue weighted by molar-refractivity contribution is 6.30. The van der Waals surface area contributed by atoms with Crippen molar-refractivity contribution < 1.29 is 4.79 Å². The van der Waals surface area contributed by atoms with E-state index in [9.17, 15) is 4.79 Å². The molecule has 0 atom stereocenters. The summed E-state index contributed by atoms with van der Waals surface area (Å²) < 4.78 is 0. The Bertz CT molecular complexity index is 946. The Morgan fingerprint density at radius 1 is 1.00 bits per heavy atom. The minimum Gasteiger partial charge on any atom is -0.354 e. The highest BCUT2D eigenvalue weighted by Gasteiger charge is 2.11. The number of hydrogen-bond donors (Lipinski definition) is 2. The second-order valence-corrected chi connectivity index (χ2v) is 7.26. The SMILES string of the molecule is Cc1cc(C)c(NC(=O)c2cnc(NCCc3ccc(Cl)cc3)nc2)c(C)c1. The predicted molar refractivity (Wildman–Crippen MR) is 114 cm³/mol. The lowest BCUT2D eigenvalue weighted by molar-refractivity contribution is 0.102. The third-order valence-corrected chi connectivity index (χ3v) is 4.69. The molecule has 0 spiro atoms. The Balaban J connectivity index is 1.57. The molecule has 0 saturated carbocycles. The maximum absolute atomic E-state index is 12.5. The van der Waals surface area contributed by atoms with E-state index in [0.717, 1.165) is 28.3 Å². The number of hydrogen-bond acceptors (Lipinski definition) is 4. The summed E-state index contributed by atoms with van der Waals surface area (Å²) in [5.74, 6) is 0.274. The molecule has 0 aliphatic carbocycles. The van der Waals surface area contributed by atoms with E-state index in [1.165, 1.54) is 23.5 Å². The number of benzene rings is 2. The van der Waals surface area contributed by atoms with Crippen molar-refractivity contribution in [3.05, 3.63) is 81.6 Å². The minimum atomic E-state index is -0.220. The number of nitrogens with one attached hydrogen (secondary N) is 2. The van der Waals surface area contributed by atoms with Crippen molar-refractivity contribution in [1.82, 2.24) is 9.97 Å². The van der Waals surface area contributed by atoms with Crippen molar-refractivity contribution in [3.63, 3.8) is 0 Å². The van der Waals surface area contributed by atoms with Crippen LogP contribution in [-0.4, -0.2) is 22.4 Å².